The lowest BCUT2D eigenvalue weighted by Crippen LogP contribution is -2.51. The van der Waals surface area contributed by atoms with Crippen molar-refractivity contribution in [3.63, 3.8) is 0 Å². The van der Waals surface area contributed by atoms with E-state index in [9.17, 15) is 22.8 Å². The zero-order valence-electron chi connectivity index (χ0n) is 12.9. The lowest BCUT2D eigenvalue weighted by molar-refractivity contribution is -0.125. The Bertz CT molecular complexity index is 543. The molecular formula is C14H19F3N4O2S. The first-order valence-corrected chi connectivity index (χ1v) is 8.31. The number of halogens is 3. The minimum Gasteiger partial charge on any atom is -0.329 e. The van der Waals surface area contributed by atoms with Gasteiger partial charge in [0, 0.05) is 37.6 Å². The number of imide groups is 1. The van der Waals surface area contributed by atoms with Crippen molar-refractivity contribution >= 4 is 23.3 Å². The molecule has 1 fully saturated rings. The van der Waals surface area contributed by atoms with E-state index in [1.54, 1.807) is 16.7 Å². The monoisotopic (exact) mass is 364 g/mol. The van der Waals surface area contributed by atoms with E-state index in [0.717, 1.165) is 19.6 Å². The molecule has 0 radical (unpaired) electrons. The van der Waals surface area contributed by atoms with Gasteiger partial charge in [-0.3, -0.25) is 19.9 Å². The van der Waals surface area contributed by atoms with E-state index in [0.29, 0.717) is 13.1 Å². The van der Waals surface area contributed by atoms with Crippen molar-refractivity contribution in [3.8, 4) is 0 Å². The van der Waals surface area contributed by atoms with Gasteiger partial charge >= 0.3 is 12.2 Å². The highest BCUT2D eigenvalue weighted by Gasteiger charge is 2.28. The summed E-state index contributed by atoms with van der Waals surface area (Å²) >= 11 is 1.70. The van der Waals surface area contributed by atoms with Gasteiger partial charge in [0.25, 0.3) is 0 Å². The maximum absolute atomic E-state index is 12.0. The van der Waals surface area contributed by atoms with Crippen LogP contribution in [-0.4, -0.2) is 67.2 Å². The van der Waals surface area contributed by atoms with Crippen LogP contribution < -0.4 is 10.6 Å². The molecule has 0 unspecified atom stereocenters. The fourth-order valence-corrected chi connectivity index (χ4v) is 3.07. The summed E-state index contributed by atoms with van der Waals surface area (Å²) in [4.78, 5) is 28.3. The van der Waals surface area contributed by atoms with Gasteiger partial charge in [0.05, 0.1) is 6.54 Å². The minimum absolute atomic E-state index is 0.00766. The van der Waals surface area contributed by atoms with Crippen LogP contribution in [-0.2, 0) is 11.3 Å². The standard InChI is InChI=1S/C14H19F3N4O2S/c15-14(16,17)10-18-13(23)19-12(22)9-21-5-3-20(4-6-21)8-11-2-1-7-24-11/h1-2,7H,3-6,8-10H2,(H2,18,19,22,23). The molecule has 0 spiro atoms. The molecule has 2 heterocycles. The van der Waals surface area contributed by atoms with Crippen LogP contribution >= 0.6 is 11.3 Å². The number of thiophene rings is 1. The van der Waals surface area contributed by atoms with Gasteiger partial charge in [-0.15, -0.1) is 11.3 Å². The summed E-state index contributed by atoms with van der Waals surface area (Å²) in [7, 11) is 0. The topological polar surface area (TPSA) is 64.7 Å². The number of hydrogen-bond donors (Lipinski definition) is 2. The smallest absolute Gasteiger partial charge is 0.329 e. The van der Waals surface area contributed by atoms with Crippen LogP contribution in [0.3, 0.4) is 0 Å². The first-order valence-electron chi connectivity index (χ1n) is 7.43. The molecule has 2 rings (SSSR count). The van der Waals surface area contributed by atoms with Gasteiger partial charge in [0.2, 0.25) is 5.91 Å². The first kappa shape index (κ1) is 18.7. The van der Waals surface area contributed by atoms with E-state index in [2.05, 4.69) is 11.0 Å². The summed E-state index contributed by atoms with van der Waals surface area (Å²) in [5.74, 6) is -0.610. The van der Waals surface area contributed by atoms with E-state index in [1.807, 2.05) is 21.7 Å². The lowest BCUT2D eigenvalue weighted by Gasteiger charge is -2.33. The zero-order valence-corrected chi connectivity index (χ0v) is 13.8. The van der Waals surface area contributed by atoms with Crippen LogP contribution in [0.15, 0.2) is 17.5 Å². The molecule has 3 amide bonds. The molecule has 1 saturated heterocycles. The predicted molar refractivity (Wildman–Crippen MR) is 83.6 cm³/mol. The summed E-state index contributed by atoms with van der Waals surface area (Å²) in [6.45, 7) is 2.33. The average Bonchev–Trinajstić information content (AvgIpc) is 2.99. The van der Waals surface area contributed by atoms with Crippen LogP contribution in [0.2, 0.25) is 0 Å². The molecule has 10 heteroatoms. The highest BCUT2D eigenvalue weighted by Crippen LogP contribution is 2.13. The summed E-state index contributed by atoms with van der Waals surface area (Å²) in [6, 6.07) is 2.95. The number of piperazine rings is 1. The highest BCUT2D eigenvalue weighted by atomic mass is 32.1. The van der Waals surface area contributed by atoms with Crippen LogP contribution in [0.1, 0.15) is 4.88 Å². The molecule has 0 aromatic carbocycles. The van der Waals surface area contributed by atoms with Crippen molar-refractivity contribution in [1.82, 2.24) is 20.4 Å². The quantitative estimate of drug-likeness (QED) is 0.826. The molecule has 1 aromatic heterocycles. The van der Waals surface area contributed by atoms with Gasteiger partial charge in [-0.1, -0.05) is 6.07 Å². The molecule has 1 aliphatic heterocycles. The number of nitrogens with one attached hydrogen (secondary N) is 2. The number of carbonyl (C=O) groups excluding carboxylic acids is 2. The molecule has 1 aliphatic rings. The predicted octanol–water partition coefficient (Wildman–Crippen LogP) is 1.25. The van der Waals surface area contributed by atoms with Crippen LogP contribution in [0, 0.1) is 0 Å². The number of nitrogens with zero attached hydrogens (tertiary/aromatic N) is 2. The summed E-state index contributed by atoms with van der Waals surface area (Å²) in [5.41, 5.74) is 0. The van der Waals surface area contributed by atoms with Crippen molar-refractivity contribution in [2.24, 2.45) is 0 Å². The molecule has 0 aliphatic carbocycles. The number of hydrogen-bond acceptors (Lipinski definition) is 5. The van der Waals surface area contributed by atoms with Crippen LogP contribution in [0.25, 0.3) is 0 Å². The number of amides is 3. The highest BCUT2D eigenvalue weighted by molar-refractivity contribution is 7.09. The van der Waals surface area contributed by atoms with Gasteiger partial charge < -0.3 is 5.32 Å². The van der Waals surface area contributed by atoms with Crippen molar-refractivity contribution in [1.29, 1.82) is 0 Å². The van der Waals surface area contributed by atoms with Crippen molar-refractivity contribution < 1.29 is 22.8 Å². The van der Waals surface area contributed by atoms with Gasteiger partial charge in [-0.05, 0) is 11.4 Å². The largest absolute Gasteiger partial charge is 0.405 e. The summed E-state index contributed by atoms with van der Waals surface area (Å²) < 4.78 is 35.9. The Balaban J connectivity index is 1.64. The molecule has 0 bridgehead atoms. The van der Waals surface area contributed by atoms with Gasteiger partial charge in [0.1, 0.15) is 6.54 Å². The average molecular weight is 364 g/mol. The molecule has 1 aromatic rings. The van der Waals surface area contributed by atoms with Gasteiger partial charge in [-0.2, -0.15) is 13.2 Å². The summed E-state index contributed by atoms with van der Waals surface area (Å²) in [6.07, 6.45) is -4.50. The molecule has 2 N–H and O–H groups in total. The van der Waals surface area contributed by atoms with E-state index in [4.69, 9.17) is 0 Å². The third-order valence-electron chi connectivity index (χ3n) is 3.49. The summed E-state index contributed by atoms with van der Waals surface area (Å²) in [5, 5.41) is 5.53. The van der Waals surface area contributed by atoms with E-state index in [1.165, 1.54) is 4.88 Å². The Morgan fingerprint density at radius 1 is 1.17 bits per heavy atom. The molecule has 24 heavy (non-hydrogen) atoms. The number of alkyl halides is 3. The third kappa shape index (κ3) is 6.85. The lowest BCUT2D eigenvalue weighted by atomic mass is 10.3. The first-order chi connectivity index (χ1) is 11.3. The van der Waals surface area contributed by atoms with Crippen molar-refractivity contribution in [2.45, 2.75) is 12.7 Å². The van der Waals surface area contributed by atoms with Crippen LogP contribution in [0.5, 0.6) is 0 Å². The van der Waals surface area contributed by atoms with Crippen molar-refractivity contribution in [2.75, 3.05) is 39.3 Å². The number of rotatable bonds is 5. The van der Waals surface area contributed by atoms with Gasteiger partial charge in [0.15, 0.2) is 0 Å². The fraction of sp³-hybridized carbons (Fsp3) is 0.571. The second-order valence-electron chi connectivity index (χ2n) is 5.48. The molecule has 0 atom stereocenters. The van der Waals surface area contributed by atoms with Crippen LogP contribution in [0.4, 0.5) is 18.0 Å². The maximum atomic E-state index is 12.0. The minimum atomic E-state index is -4.50. The molecule has 6 nitrogen and oxygen atoms in total. The van der Waals surface area contributed by atoms with Gasteiger partial charge in [-0.25, -0.2) is 4.79 Å². The molecule has 0 saturated carbocycles. The van der Waals surface area contributed by atoms with E-state index >= 15 is 0 Å². The fourth-order valence-electron chi connectivity index (χ4n) is 2.32. The molecular weight excluding hydrogens is 345 g/mol. The zero-order chi connectivity index (χ0) is 17.6. The number of carbonyl (C=O) groups is 2. The normalized spacial score (nSPS) is 16.8. The second-order valence-corrected chi connectivity index (χ2v) is 6.51. The Hall–Kier alpha value is -1.65. The second kappa shape index (κ2) is 8.45. The van der Waals surface area contributed by atoms with E-state index in [-0.39, 0.29) is 6.54 Å². The third-order valence-corrected chi connectivity index (χ3v) is 4.36. The SMILES string of the molecule is O=C(CN1CCN(Cc2cccs2)CC1)NC(=O)NCC(F)(F)F. The molecule has 134 valence electrons. The maximum Gasteiger partial charge on any atom is 0.405 e. The Morgan fingerprint density at radius 3 is 2.42 bits per heavy atom. The Labute approximate surface area is 141 Å². The van der Waals surface area contributed by atoms with E-state index < -0.39 is 24.7 Å². The van der Waals surface area contributed by atoms with Crippen molar-refractivity contribution in [3.05, 3.63) is 22.4 Å². The Morgan fingerprint density at radius 2 is 1.83 bits per heavy atom. The Kier molecular flexibility index (Phi) is 6.58. The number of urea groups is 1.